The number of carbonyl (C=O) groups excluding carboxylic acids is 2. The van der Waals surface area contributed by atoms with Gasteiger partial charge < -0.3 is 25.2 Å². The summed E-state index contributed by atoms with van der Waals surface area (Å²) in [6.07, 6.45) is 0. The van der Waals surface area contributed by atoms with Crippen LogP contribution in [0.15, 0.2) is 6.07 Å². The summed E-state index contributed by atoms with van der Waals surface area (Å²) in [5.41, 5.74) is -2.99. The van der Waals surface area contributed by atoms with Crippen LogP contribution in [-0.4, -0.2) is 45.1 Å². The van der Waals surface area contributed by atoms with Crippen LogP contribution in [0, 0.1) is 6.92 Å². The summed E-state index contributed by atoms with van der Waals surface area (Å²) in [6, 6.07) is 1.01. The van der Waals surface area contributed by atoms with Gasteiger partial charge in [0.1, 0.15) is 28.6 Å². The van der Waals surface area contributed by atoms with E-state index >= 15 is 0 Å². The van der Waals surface area contributed by atoms with Crippen LogP contribution in [0.25, 0.3) is 0 Å². The first-order valence-corrected chi connectivity index (χ1v) is 7.51. The molecule has 0 atom stereocenters. The van der Waals surface area contributed by atoms with Crippen LogP contribution in [0.1, 0.15) is 47.8 Å². The summed E-state index contributed by atoms with van der Waals surface area (Å²) in [4.78, 5) is 37.2. The molecule has 8 nitrogen and oxygen atoms in total. The normalized spacial score (nSPS) is 12.6. The minimum absolute atomic E-state index is 0.192. The highest BCUT2D eigenvalue weighted by Crippen LogP contribution is 2.47. The lowest BCUT2D eigenvalue weighted by Gasteiger charge is -2.24. The number of fused-ring (bicyclic) bond motifs is 2. The molecular weight excluding hydrogens is 368 g/mol. The number of carboxylic acid groups (broad SMARTS) is 1. The highest BCUT2D eigenvalue weighted by atomic mass is 35.5. The lowest BCUT2D eigenvalue weighted by molar-refractivity contribution is 0.0691. The number of rotatable bonds is 2. The first kappa shape index (κ1) is 17.6. The minimum Gasteiger partial charge on any atom is -0.507 e. The zero-order valence-electron chi connectivity index (χ0n) is 13.4. The van der Waals surface area contributed by atoms with Crippen LogP contribution in [0.2, 0.25) is 5.02 Å². The second-order valence-electron chi connectivity index (χ2n) is 5.57. The fourth-order valence-corrected chi connectivity index (χ4v) is 3.25. The molecule has 2 aromatic carbocycles. The molecule has 3 rings (SSSR count). The third-order valence-corrected chi connectivity index (χ3v) is 4.62. The fraction of sp³-hybridized carbons (Fsp3) is 0.118. The summed E-state index contributed by atoms with van der Waals surface area (Å²) in [6.45, 7) is 1.18. The summed E-state index contributed by atoms with van der Waals surface area (Å²) >= 11 is 5.96. The van der Waals surface area contributed by atoms with Crippen LogP contribution in [0.3, 0.4) is 0 Å². The zero-order chi connectivity index (χ0) is 19.5. The third kappa shape index (κ3) is 2.05. The zero-order valence-corrected chi connectivity index (χ0v) is 14.1. The van der Waals surface area contributed by atoms with Crippen molar-refractivity contribution < 1.29 is 39.5 Å². The van der Waals surface area contributed by atoms with Crippen molar-refractivity contribution in [2.45, 2.75) is 6.92 Å². The maximum absolute atomic E-state index is 12.9. The molecule has 0 saturated carbocycles. The number of ketones is 2. The number of ether oxygens (including phenoxy) is 1. The third-order valence-electron chi connectivity index (χ3n) is 4.24. The Balaban J connectivity index is 2.51. The van der Waals surface area contributed by atoms with Crippen molar-refractivity contribution in [2.75, 3.05) is 7.11 Å². The maximum atomic E-state index is 12.9. The van der Waals surface area contributed by atoms with Crippen LogP contribution in [0.5, 0.6) is 23.0 Å². The van der Waals surface area contributed by atoms with Crippen molar-refractivity contribution in [3.05, 3.63) is 44.5 Å². The van der Waals surface area contributed by atoms with Gasteiger partial charge in [0.05, 0.1) is 34.4 Å². The fourth-order valence-electron chi connectivity index (χ4n) is 3.02. The molecule has 0 radical (unpaired) electrons. The van der Waals surface area contributed by atoms with E-state index < -0.39 is 62.1 Å². The van der Waals surface area contributed by atoms with E-state index in [0.29, 0.717) is 0 Å². The van der Waals surface area contributed by atoms with E-state index in [9.17, 15) is 34.8 Å². The molecule has 0 spiro atoms. The molecule has 9 heteroatoms. The maximum Gasteiger partial charge on any atom is 0.339 e. The number of hydrogen-bond acceptors (Lipinski definition) is 7. The molecule has 0 unspecified atom stereocenters. The molecule has 0 aromatic heterocycles. The molecule has 26 heavy (non-hydrogen) atoms. The smallest absolute Gasteiger partial charge is 0.339 e. The lowest BCUT2D eigenvalue weighted by atomic mass is 9.80. The standard InChI is InChI=1S/C17H11ClO8/c1-4-7(17(24)25)14(21)11-10(13(4)20)16(23)9-8(15(11)22)6(26-2)3-5(19)12(9)18/h3,19-21H,1-2H3,(H,24,25). The van der Waals surface area contributed by atoms with E-state index in [-0.39, 0.29) is 16.9 Å². The molecule has 2 aromatic rings. The van der Waals surface area contributed by atoms with E-state index in [1.54, 1.807) is 0 Å². The van der Waals surface area contributed by atoms with E-state index in [1.807, 2.05) is 0 Å². The van der Waals surface area contributed by atoms with Crippen molar-refractivity contribution >= 4 is 29.1 Å². The van der Waals surface area contributed by atoms with Crippen molar-refractivity contribution in [1.82, 2.24) is 0 Å². The monoisotopic (exact) mass is 378 g/mol. The average molecular weight is 379 g/mol. The largest absolute Gasteiger partial charge is 0.507 e. The Morgan fingerprint density at radius 2 is 1.54 bits per heavy atom. The Morgan fingerprint density at radius 1 is 1.00 bits per heavy atom. The average Bonchev–Trinajstić information content (AvgIpc) is 2.57. The predicted molar refractivity (Wildman–Crippen MR) is 88.0 cm³/mol. The molecule has 1 aliphatic carbocycles. The number of hydrogen-bond donors (Lipinski definition) is 4. The molecule has 4 N–H and O–H groups in total. The summed E-state index contributed by atoms with van der Waals surface area (Å²) in [5.74, 6) is -5.93. The number of aromatic carboxylic acids is 1. The number of carbonyl (C=O) groups is 3. The van der Waals surface area contributed by atoms with Crippen molar-refractivity contribution in [3.63, 3.8) is 0 Å². The van der Waals surface area contributed by atoms with Crippen LogP contribution in [-0.2, 0) is 0 Å². The Bertz CT molecular complexity index is 1040. The van der Waals surface area contributed by atoms with E-state index in [2.05, 4.69) is 0 Å². The number of phenolic OH excluding ortho intramolecular Hbond substituents is 2. The van der Waals surface area contributed by atoms with Gasteiger partial charge in [0, 0.05) is 11.6 Å². The van der Waals surface area contributed by atoms with Crippen LogP contribution >= 0.6 is 11.6 Å². The van der Waals surface area contributed by atoms with Crippen molar-refractivity contribution in [1.29, 1.82) is 0 Å². The number of benzene rings is 2. The lowest BCUT2D eigenvalue weighted by Crippen LogP contribution is -2.24. The first-order chi connectivity index (χ1) is 12.1. The summed E-state index contributed by atoms with van der Waals surface area (Å²) < 4.78 is 5.00. The molecular formula is C17H11ClO8. The highest BCUT2D eigenvalue weighted by molar-refractivity contribution is 6.41. The Hall–Kier alpha value is -3.26. The van der Waals surface area contributed by atoms with Gasteiger partial charge >= 0.3 is 5.97 Å². The highest BCUT2D eigenvalue weighted by Gasteiger charge is 2.41. The van der Waals surface area contributed by atoms with Crippen LogP contribution in [0.4, 0.5) is 0 Å². The molecule has 0 bridgehead atoms. The number of carboxylic acids is 1. The van der Waals surface area contributed by atoms with Gasteiger partial charge in [0.25, 0.3) is 0 Å². The SMILES string of the molecule is COc1cc(O)c(Cl)c2c1C(=O)c1c(O)c(C(=O)O)c(C)c(O)c1C2=O. The summed E-state index contributed by atoms with van der Waals surface area (Å²) in [5, 5.41) is 39.3. The molecule has 0 fully saturated rings. The predicted octanol–water partition coefficient (Wildman–Crippen LogP) is 2.25. The quantitative estimate of drug-likeness (QED) is 0.497. The van der Waals surface area contributed by atoms with Crippen LogP contribution < -0.4 is 4.74 Å². The molecule has 0 amide bonds. The minimum atomic E-state index is -1.58. The molecule has 1 aliphatic rings. The summed E-state index contributed by atoms with van der Waals surface area (Å²) in [7, 11) is 1.19. The van der Waals surface area contributed by atoms with Gasteiger partial charge in [-0.1, -0.05) is 11.6 Å². The van der Waals surface area contributed by atoms with E-state index in [4.69, 9.17) is 16.3 Å². The number of halogens is 1. The molecule has 134 valence electrons. The van der Waals surface area contributed by atoms with Gasteiger partial charge in [-0.3, -0.25) is 9.59 Å². The van der Waals surface area contributed by atoms with Gasteiger partial charge in [-0.05, 0) is 6.92 Å². The van der Waals surface area contributed by atoms with Crippen molar-refractivity contribution in [2.24, 2.45) is 0 Å². The van der Waals surface area contributed by atoms with Gasteiger partial charge in [-0.25, -0.2) is 4.79 Å². The topological polar surface area (TPSA) is 141 Å². The Labute approximate surface area is 150 Å². The molecule has 0 heterocycles. The van der Waals surface area contributed by atoms with Crippen molar-refractivity contribution in [3.8, 4) is 23.0 Å². The number of aromatic hydroxyl groups is 3. The van der Waals surface area contributed by atoms with Gasteiger partial charge in [0.15, 0.2) is 5.78 Å². The Morgan fingerprint density at radius 3 is 2.08 bits per heavy atom. The van der Waals surface area contributed by atoms with Gasteiger partial charge in [-0.15, -0.1) is 0 Å². The first-order valence-electron chi connectivity index (χ1n) is 7.14. The van der Waals surface area contributed by atoms with E-state index in [1.165, 1.54) is 14.0 Å². The van der Waals surface area contributed by atoms with E-state index in [0.717, 1.165) is 6.07 Å². The molecule has 0 saturated heterocycles. The second kappa shape index (κ2) is 5.63. The molecule has 0 aliphatic heterocycles. The number of phenols is 3. The Kier molecular flexibility index (Phi) is 3.81. The number of methoxy groups -OCH3 is 1. The van der Waals surface area contributed by atoms with Gasteiger partial charge in [0.2, 0.25) is 5.78 Å². The van der Waals surface area contributed by atoms with Gasteiger partial charge in [-0.2, -0.15) is 0 Å². The second-order valence-corrected chi connectivity index (χ2v) is 5.95.